The van der Waals surface area contributed by atoms with Crippen LogP contribution in [0.5, 0.6) is 0 Å². The average molecular weight is 526 g/mol. The molecule has 0 radical (unpaired) electrons. The number of piperidine rings is 1. The van der Waals surface area contributed by atoms with Crippen LogP contribution in [0.15, 0.2) is 65.6 Å². The number of hydrogen-bond donors (Lipinski definition) is 2. The number of carbonyl (C=O) groups excluding carboxylic acids is 1. The lowest BCUT2D eigenvalue weighted by atomic mass is 10.0. The number of sulfonamides is 1. The number of nitrogens with zero attached hydrogens (tertiary/aromatic N) is 1. The first-order valence-corrected chi connectivity index (χ1v) is 14.1. The fraction of sp³-hybridized carbons (Fsp3) is 0.321. The van der Waals surface area contributed by atoms with E-state index in [2.05, 4.69) is 21.0 Å². The lowest BCUT2D eigenvalue weighted by molar-refractivity contribution is 0.0950. The summed E-state index contributed by atoms with van der Waals surface area (Å²) >= 11 is 6.24. The van der Waals surface area contributed by atoms with Crippen LogP contribution in [0.1, 0.15) is 51.9 Å². The van der Waals surface area contributed by atoms with Gasteiger partial charge in [0.1, 0.15) is 4.90 Å². The molecule has 1 saturated heterocycles. The number of nitrogens with one attached hydrogen (secondary N) is 2. The Morgan fingerprint density at radius 1 is 0.917 bits per heavy atom. The molecule has 190 valence electrons. The predicted molar refractivity (Wildman–Crippen MR) is 145 cm³/mol. The summed E-state index contributed by atoms with van der Waals surface area (Å²) in [5, 5.41) is 2.99. The van der Waals surface area contributed by atoms with Crippen LogP contribution in [0.2, 0.25) is 5.02 Å². The van der Waals surface area contributed by atoms with Gasteiger partial charge in [-0.15, -0.1) is 0 Å². The van der Waals surface area contributed by atoms with Gasteiger partial charge >= 0.3 is 0 Å². The SMILES string of the molecule is Cc1ccc(NS(=O)(=O)c2cc(C(=O)NCc3ccccc3CN3CCCCC3)ccc2Cl)cc1C. The molecule has 1 fully saturated rings. The molecule has 1 amide bonds. The van der Waals surface area contributed by atoms with Gasteiger partial charge in [-0.1, -0.05) is 48.4 Å². The van der Waals surface area contributed by atoms with Crippen LogP contribution in [0.3, 0.4) is 0 Å². The summed E-state index contributed by atoms with van der Waals surface area (Å²) in [6.45, 7) is 7.28. The Balaban J connectivity index is 1.47. The molecule has 36 heavy (non-hydrogen) atoms. The quantitative estimate of drug-likeness (QED) is 0.397. The molecule has 0 atom stereocenters. The largest absolute Gasteiger partial charge is 0.348 e. The van der Waals surface area contributed by atoms with Crippen molar-refractivity contribution in [2.45, 2.75) is 51.1 Å². The molecule has 1 aliphatic heterocycles. The van der Waals surface area contributed by atoms with E-state index in [9.17, 15) is 13.2 Å². The smallest absolute Gasteiger partial charge is 0.263 e. The Hall–Kier alpha value is -2.87. The van der Waals surface area contributed by atoms with Gasteiger partial charge in [-0.2, -0.15) is 0 Å². The second-order valence-electron chi connectivity index (χ2n) is 9.34. The van der Waals surface area contributed by atoms with E-state index >= 15 is 0 Å². The first-order valence-electron chi connectivity index (χ1n) is 12.2. The normalized spacial score (nSPS) is 14.4. The molecular weight excluding hydrogens is 494 g/mol. The number of anilines is 1. The standard InChI is InChI=1S/C28H32ClN3O3S/c1-20-10-12-25(16-21(20)2)31-36(34,35)27-17-22(11-13-26(27)29)28(33)30-18-23-8-4-5-9-24(23)19-32-14-6-3-7-15-32/h4-5,8-13,16-17,31H,3,6-7,14-15,18-19H2,1-2H3,(H,30,33). The highest BCUT2D eigenvalue weighted by molar-refractivity contribution is 7.92. The number of carbonyl (C=O) groups is 1. The molecule has 0 aliphatic carbocycles. The molecule has 3 aromatic rings. The summed E-state index contributed by atoms with van der Waals surface area (Å²) in [6, 6.07) is 17.7. The van der Waals surface area contributed by atoms with Crippen molar-refractivity contribution in [3.63, 3.8) is 0 Å². The molecule has 0 spiro atoms. The molecule has 1 heterocycles. The van der Waals surface area contributed by atoms with Gasteiger partial charge in [0, 0.05) is 24.3 Å². The van der Waals surface area contributed by atoms with Crippen molar-refractivity contribution in [1.82, 2.24) is 10.2 Å². The van der Waals surface area contributed by atoms with Gasteiger partial charge in [0.2, 0.25) is 0 Å². The lowest BCUT2D eigenvalue weighted by Crippen LogP contribution is -2.30. The summed E-state index contributed by atoms with van der Waals surface area (Å²) in [4.78, 5) is 15.3. The van der Waals surface area contributed by atoms with Crippen molar-refractivity contribution >= 4 is 33.2 Å². The third kappa shape index (κ3) is 6.46. The van der Waals surface area contributed by atoms with Crippen LogP contribution >= 0.6 is 11.6 Å². The Kier molecular flexibility index (Phi) is 8.34. The minimum Gasteiger partial charge on any atom is -0.348 e. The van der Waals surface area contributed by atoms with Crippen molar-refractivity contribution in [3.05, 3.63) is 93.5 Å². The van der Waals surface area contributed by atoms with Gasteiger partial charge in [-0.25, -0.2) is 8.42 Å². The Bertz CT molecular complexity index is 1350. The first-order chi connectivity index (χ1) is 17.2. The number of amides is 1. The molecule has 1 aliphatic rings. The molecule has 3 aromatic carbocycles. The highest BCUT2D eigenvalue weighted by Gasteiger charge is 2.21. The monoisotopic (exact) mass is 525 g/mol. The molecular formula is C28H32ClN3O3S. The second kappa shape index (κ2) is 11.5. The minimum absolute atomic E-state index is 0.0507. The number of benzene rings is 3. The summed E-state index contributed by atoms with van der Waals surface area (Å²) < 4.78 is 28.7. The van der Waals surface area contributed by atoms with Crippen molar-refractivity contribution in [1.29, 1.82) is 0 Å². The average Bonchev–Trinajstić information content (AvgIpc) is 2.86. The zero-order valence-electron chi connectivity index (χ0n) is 20.7. The summed E-state index contributed by atoms with van der Waals surface area (Å²) in [7, 11) is -3.99. The summed E-state index contributed by atoms with van der Waals surface area (Å²) in [6.07, 6.45) is 3.73. The minimum atomic E-state index is -3.99. The maximum Gasteiger partial charge on any atom is 0.263 e. The predicted octanol–water partition coefficient (Wildman–Crippen LogP) is 5.67. The molecule has 0 aromatic heterocycles. The van der Waals surface area contributed by atoms with E-state index in [4.69, 9.17) is 11.6 Å². The highest BCUT2D eigenvalue weighted by atomic mass is 35.5. The zero-order valence-corrected chi connectivity index (χ0v) is 22.3. The number of likely N-dealkylation sites (tertiary alicyclic amines) is 1. The molecule has 8 heteroatoms. The van der Waals surface area contributed by atoms with Crippen LogP contribution in [0.4, 0.5) is 5.69 Å². The third-order valence-corrected chi connectivity index (χ3v) is 8.51. The number of hydrogen-bond acceptors (Lipinski definition) is 4. The molecule has 0 unspecified atom stereocenters. The molecule has 0 saturated carbocycles. The van der Waals surface area contributed by atoms with E-state index < -0.39 is 10.0 Å². The summed E-state index contributed by atoms with van der Waals surface area (Å²) in [5.41, 5.74) is 4.94. The Labute approximate surface area is 218 Å². The van der Waals surface area contributed by atoms with Gasteiger partial charge in [-0.05, 0) is 92.4 Å². The molecule has 6 nitrogen and oxygen atoms in total. The number of halogens is 1. The Morgan fingerprint density at radius 2 is 1.64 bits per heavy atom. The van der Waals surface area contributed by atoms with Crippen molar-refractivity contribution < 1.29 is 13.2 Å². The van der Waals surface area contributed by atoms with E-state index in [1.807, 2.05) is 38.1 Å². The molecule has 2 N–H and O–H groups in total. The van der Waals surface area contributed by atoms with Crippen LogP contribution in [-0.4, -0.2) is 32.3 Å². The highest BCUT2D eigenvalue weighted by Crippen LogP contribution is 2.26. The van der Waals surface area contributed by atoms with Gasteiger partial charge in [0.05, 0.1) is 5.02 Å². The van der Waals surface area contributed by atoms with Gasteiger partial charge in [-0.3, -0.25) is 14.4 Å². The van der Waals surface area contributed by atoms with E-state index in [0.29, 0.717) is 12.2 Å². The van der Waals surface area contributed by atoms with E-state index in [1.165, 1.54) is 43.0 Å². The van der Waals surface area contributed by atoms with E-state index in [0.717, 1.165) is 36.3 Å². The summed E-state index contributed by atoms with van der Waals surface area (Å²) in [5.74, 6) is -0.359. The topological polar surface area (TPSA) is 78.5 Å². The fourth-order valence-electron chi connectivity index (χ4n) is 4.39. The van der Waals surface area contributed by atoms with Crippen molar-refractivity contribution in [2.75, 3.05) is 17.8 Å². The van der Waals surface area contributed by atoms with Crippen molar-refractivity contribution in [3.8, 4) is 0 Å². The van der Waals surface area contributed by atoms with Gasteiger partial charge in [0.25, 0.3) is 15.9 Å². The van der Waals surface area contributed by atoms with Crippen molar-refractivity contribution in [2.24, 2.45) is 0 Å². The zero-order chi connectivity index (χ0) is 25.7. The maximum absolute atomic E-state index is 13.1. The van der Waals surface area contributed by atoms with Crippen LogP contribution < -0.4 is 10.0 Å². The maximum atomic E-state index is 13.1. The Morgan fingerprint density at radius 3 is 2.36 bits per heavy atom. The fourth-order valence-corrected chi connectivity index (χ4v) is 5.96. The lowest BCUT2D eigenvalue weighted by Gasteiger charge is -2.27. The van der Waals surface area contributed by atoms with Crippen LogP contribution in [0, 0.1) is 13.8 Å². The first kappa shape index (κ1) is 26.2. The van der Waals surface area contributed by atoms with E-state index in [-0.39, 0.29) is 21.4 Å². The number of aryl methyl sites for hydroxylation is 2. The number of rotatable bonds is 8. The van der Waals surface area contributed by atoms with Crippen LogP contribution in [0.25, 0.3) is 0 Å². The van der Waals surface area contributed by atoms with Crippen LogP contribution in [-0.2, 0) is 23.1 Å². The van der Waals surface area contributed by atoms with E-state index in [1.54, 1.807) is 12.1 Å². The second-order valence-corrected chi connectivity index (χ2v) is 11.4. The van der Waals surface area contributed by atoms with Gasteiger partial charge < -0.3 is 5.32 Å². The molecule has 0 bridgehead atoms. The third-order valence-electron chi connectivity index (χ3n) is 6.64. The van der Waals surface area contributed by atoms with Gasteiger partial charge in [0.15, 0.2) is 0 Å². The molecule has 4 rings (SSSR count).